The van der Waals surface area contributed by atoms with Gasteiger partial charge in [0.1, 0.15) is 12.4 Å². The quantitative estimate of drug-likeness (QED) is 0.283. The summed E-state index contributed by atoms with van der Waals surface area (Å²) in [4.78, 5) is 47.2. The van der Waals surface area contributed by atoms with Crippen molar-refractivity contribution in [3.63, 3.8) is 0 Å². The van der Waals surface area contributed by atoms with E-state index < -0.39 is 43.6 Å². The molecule has 3 atom stereocenters. The fraction of sp³-hybridized carbons (Fsp3) is 0.400. The number of benzene rings is 2. The Bertz CT molecular complexity index is 1140. The number of carboxylic acids is 1. The molecule has 0 aliphatic heterocycles. The Morgan fingerprint density at radius 2 is 1.62 bits per heavy atom. The van der Waals surface area contributed by atoms with Crippen molar-refractivity contribution in [2.45, 2.75) is 59.2 Å². The molecular formula is C25H33N2O9P. The van der Waals surface area contributed by atoms with Crippen molar-refractivity contribution < 1.29 is 42.9 Å². The number of carboxylic acid groups (broad SMARTS) is 1. The smallest absolute Gasteiger partial charge is 0.411 e. The van der Waals surface area contributed by atoms with Gasteiger partial charge < -0.3 is 24.8 Å². The highest BCUT2D eigenvalue weighted by atomic mass is 31.2. The van der Waals surface area contributed by atoms with Crippen LogP contribution in [0.25, 0.3) is 0 Å². The largest absolute Gasteiger partial charge is 0.479 e. The first kappa shape index (κ1) is 29.8. The monoisotopic (exact) mass is 536 g/mol. The molecule has 0 fully saturated rings. The molecule has 2 aromatic carbocycles. The fourth-order valence-electron chi connectivity index (χ4n) is 3.39. The lowest BCUT2D eigenvalue weighted by molar-refractivity contribution is -0.145. The molecule has 0 heterocycles. The van der Waals surface area contributed by atoms with Gasteiger partial charge in [-0.15, -0.1) is 0 Å². The summed E-state index contributed by atoms with van der Waals surface area (Å²) in [7, 11) is -4.77. The average molecular weight is 537 g/mol. The van der Waals surface area contributed by atoms with E-state index in [0.717, 1.165) is 5.56 Å². The summed E-state index contributed by atoms with van der Waals surface area (Å²) in [6, 6.07) is 13.2. The Kier molecular flexibility index (Phi) is 10.7. The lowest BCUT2D eigenvalue weighted by Crippen LogP contribution is -2.39. The Hall–Kier alpha value is -3.40. The van der Waals surface area contributed by atoms with Crippen molar-refractivity contribution >= 4 is 31.4 Å². The van der Waals surface area contributed by atoms with Gasteiger partial charge in [-0.05, 0) is 49.4 Å². The summed E-state index contributed by atoms with van der Waals surface area (Å²) in [6.45, 7) is 7.95. The molecule has 0 radical (unpaired) electrons. The topological polar surface area (TPSA) is 160 Å². The normalized spacial score (nSPS) is 14.4. The van der Waals surface area contributed by atoms with E-state index in [2.05, 4.69) is 10.6 Å². The second-order valence-corrected chi connectivity index (χ2v) is 10.8. The third-order valence-corrected chi connectivity index (χ3v) is 7.12. The number of rotatable bonds is 11. The van der Waals surface area contributed by atoms with Crippen molar-refractivity contribution in [3.8, 4) is 0 Å². The maximum absolute atomic E-state index is 13.3. The van der Waals surface area contributed by atoms with Gasteiger partial charge in [0, 0.05) is 5.69 Å². The summed E-state index contributed by atoms with van der Waals surface area (Å²) < 4.78 is 28.7. The van der Waals surface area contributed by atoms with Gasteiger partial charge in [-0.1, -0.05) is 56.3 Å². The zero-order valence-corrected chi connectivity index (χ0v) is 22.2. The van der Waals surface area contributed by atoms with Crippen molar-refractivity contribution in [1.29, 1.82) is 0 Å². The van der Waals surface area contributed by atoms with Crippen LogP contribution in [0.4, 0.5) is 15.3 Å². The van der Waals surface area contributed by atoms with Crippen LogP contribution < -0.4 is 10.6 Å². The number of amides is 2. The van der Waals surface area contributed by atoms with E-state index in [4.69, 9.17) is 14.0 Å². The minimum Gasteiger partial charge on any atom is -0.479 e. The van der Waals surface area contributed by atoms with Crippen molar-refractivity contribution in [1.82, 2.24) is 5.32 Å². The van der Waals surface area contributed by atoms with Gasteiger partial charge in [0.2, 0.25) is 0 Å². The van der Waals surface area contributed by atoms with Crippen LogP contribution in [0.1, 0.15) is 50.5 Å². The molecule has 4 N–H and O–H groups in total. The van der Waals surface area contributed by atoms with Gasteiger partial charge in [-0.2, -0.15) is 0 Å². The second-order valence-electron chi connectivity index (χ2n) is 8.88. The molecule has 11 nitrogen and oxygen atoms in total. The van der Waals surface area contributed by atoms with Gasteiger partial charge in [-0.25, -0.2) is 14.4 Å². The number of aliphatic carboxylic acids is 1. The molecule has 0 aliphatic carbocycles. The van der Waals surface area contributed by atoms with Crippen LogP contribution in [0.3, 0.4) is 0 Å². The van der Waals surface area contributed by atoms with E-state index in [9.17, 15) is 28.9 Å². The Labute approximate surface area is 215 Å². The number of carbonyl (C=O) groups excluding carboxylic acids is 2. The predicted molar refractivity (Wildman–Crippen MR) is 136 cm³/mol. The zero-order valence-electron chi connectivity index (χ0n) is 21.3. The Balaban J connectivity index is 2.22. The van der Waals surface area contributed by atoms with Crippen molar-refractivity contribution in [2.24, 2.45) is 5.92 Å². The molecule has 2 amide bonds. The molecule has 0 saturated heterocycles. The summed E-state index contributed by atoms with van der Waals surface area (Å²) in [6.07, 6.45) is -3.95. The van der Waals surface area contributed by atoms with Crippen LogP contribution in [0.15, 0.2) is 48.5 Å². The molecule has 202 valence electrons. The van der Waals surface area contributed by atoms with Gasteiger partial charge >= 0.3 is 25.8 Å². The summed E-state index contributed by atoms with van der Waals surface area (Å²) in [5.41, 5.74) is 1.30. The number of ether oxygens (including phenoxy) is 2. The predicted octanol–water partition coefficient (Wildman–Crippen LogP) is 5.19. The minimum atomic E-state index is -4.77. The Morgan fingerprint density at radius 1 is 0.973 bits per heavy atom. The highest BCUT2D eigenvalue weighted by Crippen LogP contribution is 2.53. The highest BCUT2D eigenvalue weighted by Gasteiger charge is 2.41. The van der Waals surface area contributed by atoms with Gasteiger partial charge in [0.05, 0.1) is 6.10 Å². The third kappa shape index (κ3) is 8.89. The molecule has 0 bridgehead atoms. The summed E-state index contributed by atoms with van der Waals surface area (Å²) in [5.74, 6) is -3.61. The van der Waals surface area contributed by atoms with E-state index >= 15 is 0 Å². The first-order valence-corrected chi connectivity index (χ1v) is 13.2. The van der Waals surface area contributed by atoms with Crippen LogP contribution in [0, 0.1) is 12.8 Å². The van der Waals surface area contributed by atoms with Crippen molar-refractivity contribution in [3.05, 3.63) is 65.2 Å². The molecular weight excluding hydrogens is 503 g/mol. The first-order valence-electron chi connectivity index (χ1n) is 11.6. The van der Waals surface area contributed by atoms with Crippen LogP contribution in [0.5, 0.6) is 0 Å². The summed E-state index contributed by atoms with van der Waals surface area (Å²) >= 11 is 0. The van der Waals surface area contributed by atoms with Crippen LogP contribution in [-0.2, 0) is 30.0 Å². The van der Waals surface area contributed by atoms with E-state index in [1.54, 1.807) is 58.0 Å². The summed E-state index contributed by atoms with van der Waals surface area (Å²) in [5, 5.41) is 14.7. The molecule has 37 heavy (non-hydrogen) atoms. The highest BCUT2D eigenvalue weighted by molar-refractivity contribution is 7.53. The first-order chi connectivity index (χ1) is 17.3. The van der Waals surface area contributed by atoms with Gasteiger partial charge in [0.15, 0.2) is 6.10 Å². The average Bonchev–Trinajstić information content (AvgIpc) is 2.81. The standard InChI is InChI=1S/C25H33N2O9P/c1-15(2)22(27-24(30)34-14-18-10-7-6-8-11-18)37(32,33)36-21(23(28)29)19-12-9-13-20(17(19)5)26-25(31)35-16(3)4/h6-13,15-16,21-22H,14H2,1-5H3,(H,26,31)(H,27,30)(H,28,29)(H,32,33). The number of anilines is 1. The number of hydrogen-bond acceptors (Lipinski definition) is 7. The molecule has 2 aromatic rings. The SMILES string of the molecule is Cc1c(NC(=O)OC(C)C)cccc1C(OP(=O)(O)C(NC(=O)OCc1ccccc1)C(C)C)C(=O)O. The fourth-order valence-corrected chi connectivity index (χ4v) is 5.05. The van der Waals surface area contributed by atoms with E-state index in [1.165, 1.54) is 25.1 Å². The lowest BCUT2D eigenvalue weighted by Gasteiger charge is -2.29. The van der Waals surface area contributed by atoms with Crippen LogP contribution in [0.2, 0.25) is 0 Å². The van der Waals surface area contributed by atoms with Crippen molar-refractivity contribution in [2.75, 3.05) is 5.32 Å². The second kappa shape index (κ2) is 13.2. The minimum absolute atomic E-state index is 0.0401. The molecule has 0 aliphatic rings. The van der Waals surface area contributed by atoms with Gasteiger partial charge in [-0.3, -0.25) is 14.4 Å². The molecule has 3 unspecified atom stereocenters. The molecule has 0 aromatic heterocycles. The zero-order chi connectivity index (χ0) is 27.8. The lowest BCUT2D eigenvalue weighted by atomic mass is 10.0. The van der Waals surface area contributed by atoms with Crippen LogP contribution >= 0.6 is 7.60 Å². The molecule has 0 saturated carbocycles. The number of nitrogens with one attached hydrogen (secondary N) is 2. The number of hydrogen-bond donors (Lipinski definition) is 4. The van der Waals surface area contributed by atoms with Crippen LogP contribution in [-0.4, -0.2) is 40.0 Å². The number of alkyl carbamates (subject to hydrolysis) is 1. The maximum Gasteiger partial charge on any atom is 0.411 e. The maximum atomic E-state index is 13.3. The molecule has 2 rings (SSSR count). The molecule has 0 spiro atoms. The van der Waals surface area contributed by atoms with E-state index in [1.807, 2.05) is 0 Å². The van der Waals surface area contributed by atoms with E-state index in [-0.39, 0.29) is 24.0 Å². The van der Waals surface area contributed by atoms with Gasteiger partial charge in [0.25, 0.3) is 0 Å². The third-order valence-electron chi connectivity index (χ3n) is 5.18. The molecule has 12 heteroatoms. The Morgan fingerprint density at radius 3 is 2.19 bits per heavy atom. The number of carbonyl (C=O) groups is 3. The van der Waals surface area contributed by atoms with E-state index in [0.29, 0.717) is 5.56 Å².